The summed E-state index contributed by atoms with van der Waals surface area (Å²) in [6.45, 7) is 6.24. The lowest BCUT2D eigenvalue weighted by Crippen LogP contribution is -2.25. The Balaban J connectivity index is 1.79. The summed E-state index contributed by atoms with van der Waals surface area (Å²) >= 11 is 0. The van der Waals surface area contributed by atoms with E-state index in [9.17, 15) is 4.79 Å². The molecule has 0 radical (unpaired) electrons. The largest absolute Gasteiger partial charge is 0.372 e. The lowest BCUT2D eigenvalue weighted by molar-refractivity contribution is -0.111. The Morgan fingerprint density at radius 3 is 2.40 bits per heavy atom. The number of hydrogen-bond acceptors (Lipinski definition) is 4. The van der Waals surface area contributed by atoms with Gasteiger partial charge in [-0.3, -0.25) is 4.79 Å². The highest BCUT2D eigenvalue weighted by Gasteiger charge is 2.30. The van der Waals surface area contributed by atoms with Crippen LogP contribution in [0.15, 0.2) is 58.7 Å². The molecule has 1 aliphatic rings. The van der Waals surface area contributed by atoms with Crippen LogP contribution in [0.2, 0.25) is 0 Å². The van der Waals surface area contributed by atoms with Gasteiger partial charge < -0.3 is 9.80 Å². The summed E-state index contributed by atoms with van der Waals surface area (Å²) < 4.78 is 0. The molecule has 0 bridgehead atoms. The van der Waals surface area contributed by atoms with Crippen molar-refractivity contribution in [3.63, 3.8) is 0 Å². The first-order valence-electron chi connectivity index (χ1n) is 8.49. The fourth-order valence-corrected chi connectivity index (χ4v) is 2.96. The third kappa shape index (κ3) is 3.31. The predicted octanol–water partition coefficient (Wildman–Crippen LogP) is 3.33. The quantitative estimate of drug-likeness (QED) is 0.622. The van der Waals surface area contributed by atoms with Crippen molar-refractivity contribution in [2.24, 2.45) is 10.2 Å². The van der Waals surface area contributed by atoms with Crippen molar-refractivity contribution in [1.82, 2.24) is 0 Å². The predicted molar refractivity (Wildman–Crippen MR) is 104 cm³/mol. The molecule has 0 saturated carbocycles. The highest BCUT2D eigenvalue weighted by molar-refractivity contribution is 6.54. The lowest BCUT2D eigenvalue weighted by atomic mass is 10.1. The zero-order valence-corrected chi connectivity index (χ0v) is 14.8. The van der Waals surface area contributed by atoms with Gasteiger partial charge >= 0.3 is 0 Å². The number of anilines is 2. The van der Waals surface area contributed by atoms with Gasteiger partial charge in [-0.05, 0) is 37.6 Å². The molecule has 0 N–H and O–H groups in total. The molecule has 5 heteroatoms. The van der Waals surface area contributed by atoms with Crippen LogP contribution in [-0.2, 0) is 4.79 Å². The first-order chi connectivity index (χ1) is 12.2. The van der Waals surface area contributed by atoms with Crippen LogP contribution >= 0.6 is 0 Å². The number of hydrogen-bond donors (Lipinski definition) is 0. The van der Waals surface area contributed by atoms with Gasteiger partial charge in [0.1, 0.15) is 0 Å². The average Bonchev–Trinajstić information content (AvgIpc) is 2.89. The lowest BCUT2D eigenvalue weighted by Gasteiger charge is -2.20. The molecule has 25 heavy (non-hydrogen) atoms. The minimum atomic E-state index is -0.129. The summed E-state index contributed by atoms with van der Waals surface area (Å²) in [7, 11) is 1.75. The van der Waals surface area contributed by atoms with E-state index in [0.717, 1.165) is 29.9 Å². The molecule has 0 aliphatic carbocycles. The second-order valence-corrected chi connectivity index (χ2v) is 5.84. The minimum absolute atomic E-state index is 0.129. The molecule has 0 spiro atoms. The highest BCUT2D eigenvalue weighted by Crippen LogP contribution is 2.27. The number of fused-ring (bicyclic) bond motifs is 1. The zero-order chi connectivity index (χ0) is 17.8. The summed E-state index contributed by atoms with van der Waals surface area (Å²) in [5, 5.41) is 8.29. The molecule has 128 valence electrons. The van der Waals surface area contributed by atoms with Crippen LogP contribution in [0, 0.1) is 0 Å². The number of carbonyl (C=O) groups excluding carboxylic acids is 1. The molecule has 2 aromatic carbocycles. The SMILES string of the molecule is CCN(CC)c1ccc(C=NN=C2C(=O)N(C)c3ccccc32)cc1. The van der Waals surface area contributed by atoms with E-state index in [0.29, 0.717) is 5.71 Å². The van der Waals surface area contributed by atoms with Crippen molar-refractivity contribution in [2.75, 3.05) is 29.9 Å². The maximum atomic E-state index is 12.3. The molecule has 5 nitrogen and oxygen atoms in total. The molecule has 0 unspecified atom stereocenters. The number of amides is 1. The van der Waals surface area contributed by atoms with Gasteiger partial charge in [0.2, 0.25) is 0 Å². The van der Waals surface area contributed by atoms with E-state index in [4.69, 9.17) is 0 Å². The van der Waals surface area contributed by atoms with Gasteiger partial charge in [0.15, 0.2) is 5.71 Å². The first kappa shape index (κ1) is 16.9. The van der Waals surface area contributed by atoms with Crippen molar-refractivity contribution in [1.29, 1.82) is 0 Å². The smallest absolute Gasteiger partial charge is 0.279 e. The van der Waals surface area contributed by atoms with Crippen LogP contribution in [0.3, 0.4) is 0 Å². The summed E-state index contributed by atoms with van der Waals surface area (Å²) in [5.41, 5.74) is 4.21. The van der Waals surface area contributed by atoms with Gasteiger partial charge in [-0.2, -0.15) is 5.10 Å². The highest BCUT2D eigenvalue weighted by atomic mass is 16.2. The van der Waals surface area contributed by atoms with Crippen molar-refractivity contribution in [3.8, 4) is 0 Å². The molecular weight excluding hydrogens is 312 g/mol. The van der Waals surface area contributed by atoms with Crippen molar-refractivity contribution < 1.29 is 4.79 Å². The summed E-state index contributed by atoms with van der Waals surface area (Å²) in [4.78, 5) is 16.2. The van der Waals surface area contributed by atoms with Crippen LogP contribution in [0.4, 0.5) is 11.4 Å². The topological polar surface area (TPSA) is 48.3 Å². The van der Waals surface area contributed by atoms with Gasteiger partial charge in [0, 0.05) is 31.4 Å². The Morgan fingerprint density at radius 2 is 1.72 bits per heavy atom. The van der Waals surface area contributed by atoms with Gasteiger partial charge in [-0.15, -0.1) is 5.10 Å². The second kappa shape index (κ2) is 7.30. The van der Waals surface area contributed by atoms with Crippen LogP contribution in [0.5, 0.6) is 0 Å². The minimum Gasteiger partial charge on any atom is -0.372 e. The summed E-state index contributed by atoms with van der Waals surface area (Å²) in [6.07, 6.45) is 1.67. The molecule has 0 fully saturated rings. The normalized spacial score (nSPS) is 15.2. The molecule has 0 aromatic heterocycles. The Bertz CT molecular complexity index is 820. The van der Waals surface area contributed by atoms with Gasteiger partial charge in [-0.25, -0.2) is 0 Å². The third-order valence-electron chi connectivity index (χ3n) is 4.41. The van der Waals surface area contributed by atoms with Crippen LogP contribution < -0.4 is 9.80 Å². The molecule has 1 heterocycles. The molecular formula is C20H22N4O. The van der Waals surface area contributed by atoms with Crippen molar-refractivity contribution in [3.05, 3.63) is 59.7 Å². The Morgan fingerprint density at radius 1 is 1.04 bits per heavy atom. The van der Waals surface area contributed by atoms with E-state index >= 15 is 0 Å². The van der Waals surface area contributed by atoms with Crippen LogP contribution in [0.1, 0.15) is 25.0 Å². The summed E-state index contributed by atoms with van der Waals surface area (Å²) in [6, 6.07) is 15.8. The van der Waals surface area contributed by atoms with E-state index in [-0.39, 0.29) is 5.91 Å². The maximum Gasteiger partial charge on any atom is 0.279 e. The number of rotatable bonds is 5. The van der Waals surface area contributed by atoms with Crippen LogP contribution in [0.25, 0.3) is 0 Å². The average molecular weight is 334 g/mol. The Hall–Kier alpha value is -2.95. The number of para-hydroxylation sites is 1. The Kier molecular flexibility index (Phi) is 4.93. The standard InChI is InChI=1S/C20H22N4O/c1-4-24(5-2)16-12-10-15(11-13-16)14-21-22-19-17-8-6-7-9-18(17)23(3)20(19)25/h6-14H,4-5H2,1-3H3. The molecule has 1 aliphatic heterocycles. The third-order valence-corrected chi connectivity index (χ3v) is 4.41. The van der Waals surface area contributed by atoms with Crippen LogP contribution in [-0.4, -0.2) is 38.0 Å². The number of likely N-dealkylation sites (N-methyl/N-ethyl adjacent to an activating group) is 1. The van der Waals surface area contributed by atoms with E-state index in [1.165, 1.54) is 5.69 Å². The van der Waals surface area contributed by atoms with Gasteiger partial charge in [0.25, 0.3) is 5.91 Å². The summed E-state index contributed by atoms with van der Waals surface area (Å²) in [5.74, 6) is -0.129. The second-order valence-electron chi connectivity index (χ2n) is 5.84. The first-order valence-corrected chi connectivity index (χ1v) is 8.49. The maximum absolute atomic E-state index is 12.3. The molecule has 1 amide bonds. The zero-order valence-electron chi connectivity index (χ0n) is 14.8. The van der Waals surface area contributed by atoms with Crippen molar-refractivity contribution in [2.45, 2.75) is 13.8 Å². The molecule has 2 aromatic rings. The molecule has 0 atom stereocenters. The Labute approximate surface area is 148 Å². The van der Waals surface area contributed by atoms with E-state index in [2.05, 4.69) is 41.1 Å². The number of benzene rings is 2. The van der Waals surface area contributed by atoms with Crippen molar-refractivity contribution >= 4 is 29.2 Å². The van der Waals surface area contributed by atoms with E-state index in [1.54, 1.807) is 18.2 Å². The van der Waals surface area contributed by atoms with Gasteiger partial charge in [-0.1, -0.05) is 30.3 Å². The number of carbonyl (C=O) groups is 1. The molecule has 3 rings (SSSR count). The number of nitrogens with zero attached hydrogens (tertiary/aromatic N) is 4. The van der Waals surface area contributed by atoms with Gasteiger partial charge in [0.05, 0.1) is 11.9 Å². The fraction of sp³-hybridized carbons (Fsp3) is 0.250. The van der Waals surface area contributed by atoms with E-state index < -0.39 is 0 Å². The fourth-order valence-electron chi connectivity index (χ4n) is 2.96. The van der Waals surface area contributed by atoms with E-state index in [1.807, 2.05) is 36.4 Å². The monoisotopic (exact) mass is 334 g/mol. The molecule has 0 saturated heterocycles.